The Morgan fingerprint density at radius 2 is 1.75 bits per heavy atom. The first-order valence-corrected chi connectivity index (χ1v) is 8.28. The third kappa shape index (κ3) is 10.1. The molecule has 0 fully saturated rings. The molecular formula is C18H32IN3O2. The molecule has 0 aliphatic rings. The predicted octanol–water partition coefficient (Wildman–Crippen LogP) is 3.32. The van der Waals surface area contributed by atoms with Gasteiger partial charge in [-0.2, -0.15) is 0 Å². The van der Waals surface area contributed by atoms with E-state index in [2.05, 4.69) is 53.7 Å². The molecule has 138 valence electrons. The van der Waals surface area contributed by atoms with E-state index in [9.17, 15) is 0 Å². The Morgan fingerprint density at radius 3 is 2.29 bits per heavy atom. The van der Waals surface area contributed by atoms with Crippen LogP contribution in [0.25, 0.3) is 0 Å². The van der Waals surface area contributed by atoms with Crippen molar-refractivity contribution in [1.29, 1.82) is 0 Å². The van der Waals surface area contributed by atoms with Crippen molar-refractivity contribution in [2.75, 3.05) is 20.3 Å². The van der Waals surface area contributed by atoms with Gasteiger partial charge in [0.2, 0.25) is 0 Å². The lowest BCUT2D eigenvalue weighted by atomic mass is 10.1. The van der Waals surface area contributed by atoms with Crippen LogP contribution in [-0.4, -0.2) is 38.4 Å². The van der Waals surface area contributed by atoms with Crippen LogP contribution in [0.15, 0.2) is 29.3 Å². The number of ether oxygens (including phenoxy) is 2. The number of nitrogens with one attached hydrogen (secondary N) is 2. The SMILES string of the molecule is CCNC(=NCc1ccc(COC(C)C)cc1)NC(C)COC.I. The van der Waals surface area contributed by atoms with E-state index in [-0.39, 0.29) is 36.1 Å². The first kappa shape index (κ1) is 23.1. The molecule has 0 aliphatic carbocycles. The first-order valence-electron chi connectivity index (χ1n) is 8.28. The summed E-state index contributed by atoms with van der Waals surface area (Å²) in [5.41, 5.74) is 2.36. The molecule has 1 aromatic carbocycles. The molecular weight excluding hydrogens is 417 g/mol. The van der Waals surface area contributed by atoms with Crippen molar-refractivity contribution in [3.63, 3.8) is 0 Å². The molecule has 0 saturated heterocycles. The summed E-state index contributed by atoms with van der Waals surface area (Å²) >= 11 is 0. The topological polar surface area (TPSA) is 54.9 Å². The molecule has 0 bridgehead atoms. The van der Waals surface area contributed by atoms with Crippen molar-refractivity contribution >= 4 is 29.9 Å². The fraction of sp³-hybridized carbons (Fsp3) is 0.611. The monoisotopic (exact) mass is 449 g/mol. The fourth-order valence-electron chi connectivity index (χ4n) is 2.02. The third-order valence-corrected chi connectivity index (χ3v) is 3.17. The average molecular weight is 449 g/mol. The van der Waals surface area contributed by atoms with E-state index in [4.69, 9.17) is 9.47 Å². The Balaban J connectivity index is 0.00000529. The zero-order valence-corrected chi connectivity index (χ0v) is 17.8. The van der Waals surface area contributed by atoms with Crippen molar-refractivity contribution in [3.8, 4) is 0 Å². The number of halogens is 1. The lowest BCUT2D eigenvalue weighted by Gasteiger charge is -2.17. The summed E-state index contributed by atoms with van der Waals surface area (Å²) in [4.78, 5) is 4.62. The number of guanidine groups is 1. The zero-order valence-electron chi connectivity index (χ0n) is 15.5. The van der Waals surface area contributed by atoms with Gasteiger partial charge in [0.25, 0.3) is 0 Å². The standard InChI is InChI=1S/C18H31N3O2.HI/c1-6-19-18(21-15(4)12-22-5)20-11-16-7-9-17(10-8-16)13-23-14(2)3;/h7-10,14-15H,6,11-13H2,1-5H3,(H2,19,20,21);1H. The highest BCUT2D eigenvalue weighted by molar-refractivity contribution is 14.0. The number of nitrogens with zero attached hydrogens (tertiary/aromatic N) is 1. The molecule has 0 aromatic heterocycles. The summed E-state index contributed by atoms with van der Waals surface area (Å²) in [6.07, 6.45) is 0.252. The van der Waals surface area contributed by atoms with E-state index in [0.29, 0.717) is 19.8 Å². The van der Waals surface area contributed by atoms with Crippen LogP contribution in [-0.2, 0) is 22.6 Å². The minimum atomic E-state index is 0. The van der Waals surface area contributed by atoms with Crippen LogP contribution in [0, 0.1) is 0 Å². The minimum absolute atomic E-state index is 0. The third-order valence-electron chi connectivity index (χ3n) is 3.17. The fourth-order valence-corrected chi connectivity index (χ4v) is 2.02. The molecule has 24 heavy (non-hydrogen) atoms. The molecule has 1 aromatic rings. The molecule has 0 saturated carbocycles. The quantitative estimate of drug-likeness (QED) is 0.345. The number of hydrogen-bond acceptors (Lipinski definition) is 3. The first-order chi connectivity index (χ1) is 11.0. The van der Waals surface area contributed by atoms with Crippen LogP contribution >= 0.6 is 24.0 Å². The maximum atomic E-state index is 5.61. The van der Waals surface area contributed by atoms with Crippen LogP contribution < -0.4 is 10.6 Å². The van der Waals surface area contributed by atoms with Gasteiger partial charge < -0.3 is 20.1 Å². The lowest BCUT2D eigenvalue weighted by Crippen LogP contribution is -2.43. The van der Waals surface area contributed by atoms with Crippen molar-refractivity contribution in [1.82, 2.24) is 10.6 Å². The Morgan fingerprint density at radius 1 is 1.12 bits per heavy atom. The Kier molecular flexibility index (Phi) is 13.0. The Hall–Kier alpha value is -0.860. The number of methoxy groups -OCH3 is 1. The van der Waals surface area contributed by atoms with Gasteiger partial charge in [0.1, 0.15) is 0 Å². The molecule has 0 aliphatic heterocycles. The van der Waals surface area contributed by atoms with Gasteiger partial charge in [0.05, 0.1) is 25.9 Å². The summed E-state index contributed by atoms with van der Waals surface area (Å²) in [7, 11) is 1.70. The second-order valence-corrected chi connectivity index (χ2v) is 5.87. The number of hydrogen-bond donors (Lipinski definition) is 2. The Labute approximate surface area is 163 Å². The van der Waals surface area contributed by atoms with E-state index in [0.717, 1.165) is 12.5 Å². The van der Waals surface area contributed by atoms with Crippen LogP contribution in [0.3, 0.4) is 0 Å². The van der Waals surface area contributed by atoms with E-state index in [1.165, 1.54) is 11.1 Å². The van der Waals surface area contributed by atoms with Crippen molar-refractivity contribution in [2.24, 2.45) is 4.99 Å². The molecule has 0 amide bonds. The highest BCUT2D eigenvalue weighted by atomic mass is 127. The summed E-state index contributed by atoms with van der Waals surface area (Å²) in [6, 6.07) is 8.62. The number of benzene rings is 1. The van der Waals surface area contributed by atoms with Gasteiger partial charge in [-0.3, -0.25) is 0 Å². The molecule has 0 radical (unpaired) electrons. The van der Waals surface area contributed by atoms with Crippen LogP contribution in [0.2, 0.25) is 0 Å². The molecule has 1 unspecified atom stereocenters. The maximum Gasteiger partial charge on any atom is 0.191 e. The van der Waals surface area contributed by atoms with Crippen LogP contribution in [0.4, 0.5) is 0 Å². The molecule has 1 rings (SSSR count). The second kappa shape index (κ2) is 13.4. The summed E-state index contributed by atoms with van der Waals surface area (Å²) in [6.45, 7) is 11.0. The van der Waals surface area contributed by atoms with E-state index >= 15 is 0 Å². The molecule has 1 atom stereocenters. The number of aliphatic imine (C=N–C) groups is 1. The minimum Gasteiger partial charge on any atom is -0.383 e. The van der Waals surface area contributed by atoms with E-state index in [1.807, 2.05) is 13.8 Å². The van der Waals surface area contributed by atoms with Gasteiger partial charge in [0.15, 0.2) is 5.96 Å². The van der Waals surface area contributed by atoms with Gasteiger partial charge in [-0.05, 0) is 38.8 Å². The van der Waals surface area contributed by atoms with Crippen molar-refractivity contribution < 1.29 is 9.47 Å². The normalized spacial score (nSPS) is 12.7. The largest absolute Gasteiger partial charge is 0.383 e. The second-order valence-electron chi connectivity index (χ2n) is 5.87. The molecule has 0 heterocycles. The smallest absolute Gasteiger partial charge is 0.191 e. The zero-order chi connectivity index (χ0) is 17.1. The molecule has 5 nitrogen and oxygen atoms in total. The van der Waals surface area contributed by atoms with E-state index in [1.54, 1.807) is 7.11 Å². The van der Waals surface area contributed by atoms with Gasteiger partial charge in [-0.15, -0.1) is 24.0 Å². The summed E-state index contributed by atoms with van der Waals surface area (Å²) in [5, 5.41) is 6.58. The lowest BCUT2D eigenvalue weighted by molar-refractivity contribution is 0.0657. The highest BCUT2D eigenvalue weighted by Gasteiger charge is 2.04. The number of rotatable bonds is 9. The van der Waals surface area contributed by atoms with E-state index < -0.39 is 0 Å². The van der Waals surface area contributed by atoms with Gasteiger partial charge >= 0.3 is 0 Å². The molecule has 2 N–H and O–H groups in total. The summed E-state index contributed by atoms with van der Waals surface area (Å²) < 4.78 is 10.7. The maximum absolute atomic E-state index is 5.61. The van der Waals surface area contributed by atoms with Crippen LogP contribution in [0.1, 0.15) is 38.8 Å². The van der Waals surface area contributed by atoms with Gasteiger partial charge in [-0.25, -0.2) is 4.99 Å². The summed E-state index contributed by atoms with van der Waals surface area (Å²) in [5.74, 6) is 0.810. The molecule has 0 spiro atoms. The van der Waals surface area contributed by atoms with Gasteiger partial charge in [-0.1, -0.05) is 24.3 Å². The van der Waals surface area contributed by atoms with Crippen molar-refractivity contribution in [3.05, 3.63) is 35.4 Å². The van der Waals surface area contributed by atoms with Gasteiger partial charge in [0, 0.05) is 19.7 Å². The average Bonchev–Trinajstić information content (AvgIpc) is 2.52. The highest BCUT2D eigenvalue weighted by Crippen LogP contribution is 2.08. The molecule has 6 heteroatoms. The Bertz CT molecular complexity index is 464. The predicted molar refractivity (Wildman–Crippen MR) is 111 cm³/mol. The van der Waals surface area contributed by atoms with Crippen LogP contribution in [0.5, 0.6) is 0 Å². The van der Waals surface area contributed by atoms with Crippen molar-refractivity contribution in [2.45, 2.75) is 53.0 Å².